The fourth-order valence-electron chi connectivity index (χ4n) is 2.23. The molecule has 0 unspecified atom stereocenters. The molecule has 1 saturated heterocycles. The zero-order valence-corrected chi connectivity index (χ0v) is 11.5. The van der Waals surface area contributed by atoms with E-state index in [0.29, 0.717) is 6.42 Å². The van der Waals surface area contributed by atoms with E-state index in [1.54, 1.807) is 0 Å². The summed E-state index contributed by atoms with van der Waals surface area (Å²) in [5, 5.41) is 2.94. The molecule has 4 heteroatoms. The maximum absolute atomic E-state index is 11.8. The predicted molar refractivity (Wildman–Crippen MR) is 76.3 cm³/mol. The predicted octanol–water partition coefficient (Wildman–Crippen LogP) is 2.05. The number of rotatable bonds is 5. The molecule has 0 spiro atoms. The van der Waals surface area contributed by atoms with Crippen LogP contribution in [0.3, 0.4) is 0 Å². The molecule has 1 aliphatic heterocycles. The molecule has 1 fully saturated rings. The Morgan fingerprint density at radius 2 is 2.16 bits per heavy atom. The zero-order valence-electron chi connectivity index (χ0n) is 11.5. The van der Waals surface area contributed by atoms with Gasteiger partial charge < -0.3 is 10.1 Å². The lowest BCUT2D eigenvalue weighted by Crippen LogP contribution is -2.37. The molecule has 1 amide bonds. The van der Waals surface area contributed by atoms with E-state index in [4.69, 9.17) is 4.74 Å². The molecule has 1 aromatic carbocycles. The summed E-state index contributed by atoms with van der Waals surface area (Å²) >= 11 is 0. The van der Waals surface area contributed by atoms with E-state index in [2.05, 4.69) is 10.2 Å². The number of nitrogens with one attached hydrogen (secondary N) is 1. The van der Waals surface area contributed by atoms with Gasteiger partial charge in [0.1, 0.15) is 0 Å². The summed E-state index contributed by atoms with van der Waals surface area (Å²) in [5.74, 6) is 0.0962. The molecule has 0 radical (unpaired) electrons. The average molecular weight is 262 g/mol. The number of amides is 1. The van der Waals surface area contributed by atoms with Crippen LogP contribution in [0.25, 0.3) is 0 Å². The van der Waals surface area contributed by atoms with Gasteiger partial charge in [-0.3, -0.25) is 9.69 Å². The van der Waals surface area contributed by atoms with Crippen molar-refractivity contribution in [3.63, 3.8) is 0 Å². The molecule has 0 atom stereocenters. The summed E-state index contributed by atoms with van der Waals surface area (Å²) in [5.41, 5.74) is 2.04. The molecule has 2 rings (SSSR count). The maximum Gasteiger partial charge on any atom is 0.224 e. The van der Waals surface area contributed by atoms with E-state index in [1.165, 1.54) is 0 Å². The highest BCUT2D eigenvalue weighted by Crippen LogP contribution is 2.10. The molecular weight excluding hydrogens is 240 g/mol. The first-order valence-corrected chi connectivity index (χ1v) is 6.91. The number of hydrogen-bond donors (Lipinski definition) is 1. The fourth-order valence-corrected chi connectivity index (χ4v) is 2.23. The van der Waals surface area contributed by atoms with Crippen LogP contribution in [0.1, 0.15) is 18.4 Å². The Balaban J connectivity index is 1.67. The van der Waals surface area contributed by atoms with E-state index in [1.807, 2.05) is 31.2 Å². The van der Waals surface area contributed by atoms with Crippen molar-refractivity contribution >= 4 is 11.6 Å². The smallest absolute Gasteiger partial charge is 0.224 e. The lowest BCUT2D eigenvalue weighted by molar-refractivity contribution is -0.116. The molecule has 4 nitrogen and oxygen atoms in total. The number of morpholine rings is 1. The van der Waals surface area contributed by atoms with Crippen molar-refractivity contribution in [2.45, 2.75) is 19.8 Å². The number of aryl methyl sites for hydroxylation is 1. The van der Waals surface area contributed by atoms with Gasteiger partial charge in [0.25, 0.3) is 0 Å². The normalized spacial score (nSPS) is 16.3. The maximum atomic E-state index is 11.8. The van der Waals surface area contributed by atoms with Gasteiger partial charge in [-0.2, -0.15) is 0 Å². The number of carbonyl (C=O) groups is 1. The Bertz CT molecular complexity index is 414. The van der Waals surface area contributed by atoms with Gasteiger partial charge in [-0.15, -0.1) is 0 Å². The van der Waals surface area contributed by atoms with Crippen LogP contribution in [0.5, 0.6) is 0 Å². The van der Waals surface area contributed by atoms with Crippen LogP contribution in [0.4, 0.5) is 5.69 Å². The molecule has 1 aromatic rings. The van der Waals surface area contributed by atoms with E-state index in [9.17, 15) is 4.79 Å². The minimum atomic E-state index is 0.0962. The number of benzene rings is 1. The molecular formula is C15H22N2O2. The number of carbonyl (C=O) groups excluding carboxylic acids is 1. The van der Waals surface area contributed by atoms with Crippen LogP contribution in [-0.2, 0) is 9.53 Å². The molecule has 19 heavy (non-hydrogen) atoms. The van der Waals surface area contributed by atoms with Crippen LogP contribution in [-0.4, -0.2) is 43.7 Å². The van der Waals surface area contributed by atoms with Crippen LogP contribution in [0.15, 0.2) is 24.3 Å². The minimum absolute atomic E-state index is 0.0962. The van der Waals surface area contributed by atoms with Crippen molar-refractivity contribution in [1.29, 1.82) is 0 Å². The van der Waals surface area contributed by atoms with Crippen molar-refractivity contribution in [3.05, 3.63) is 29.8 Å². The monoisotopic (exact) mass is 262 g/mol. The SMILES string of the molecule is Cc1cccc(NC(=O)CCCN2CCOCC2)c1. The molecule has 1 N–H and O–H groups in total. The Morgan fingerprint density at radius 3 is 2.89 bits per heavy atom. The van der Waals surface area contributed by atoms with Gasteiger partial charge >= 0.3 is 0 Å². The Kier molecular flexibility index (Phi) is 5.36. The second-order valence-electron chi connectivity index (χ2n) is 4.98. The molecule has 0 aromatic heterocycles. The summed E-state index contributed by atoms with van der Waals surface area (Å²) < 4.78 is 5.30. The molecule has 1 heterocycles. The van der Waals surface area contributed by atoms with E-state index in [-0.39, 0.29) is 5.91 Å². The summed E-state index contributed by atoms with van der Waals surface area (Å²) in [6, 6.07) is 7.89. The van der Waals surface area contributed by atoms with Gasteiger partial charge in [-0.05, 0) is 37.6 Å². The third-order valence-corrected chi connectivity index (χ3v) is 3.28. The topological polar surface area (TPSA) is 41.6 Å². The van der Waals surface area contributed by atoms with Crippen molar-refractivity contribution in [3.8, 4) is 0 Å². The number of anilines is 1. The van der Waals surface area contributed by atoms with Gasteiger partial charge in [-0.1, -0.05) is 12.1 Å². The number of nitrogens with zero attached hydrogens (tertiary/aromatic N) is 1. The average Bonchev–Trinajstić information content (AvgIpc) is 2.40. The summed E-state index contributed by atoms with van der Waals surface area (Å²) in [7, 11) is 0. The standard InChI is InChI=1S/C15H22N2O2/c1-13-4-2-5-14(12-13)16-15(18)6-3-7-17-8-10-19-11-9-17/h2,4-5,12H,3,6-11H2,1H3,(H,16,18). The first kappa shape index (κ1) is 14.0. The second-order valence-corrected chi connectivity index (χ2v) is 4.98. The summed E-state index contributed by atoms with van der Waals surface area (Å²) in [4.78, 5) is 14.2. The quantitative estimate of drug-likeness (QED) is 0.883. The molecule has 104 valence electrons. The van der Waals surface area contributed by atoms with Crippen LogP contribution >= 0.6 is 0 Å². The van der Waals surface area contributed by atoms with E-state index >= 15 is 0 Å². The fraction of sp³-hybridized carbons (Fsp3) is 0.533. The van der Waals surface area contributed by atoms with E-state index in [0.717, 1.165) is 50.5 Å². The van der Waals surface area contributed by atoms with E-state index < -0.39 is 0 Å². The molecule has 0 aliphatic carbocycles. The molecule has 0 saturated carbocycles. The third-order valence-electron chi connectivity index (χ3n) is 3.28. The highest BCUT2D eigenvalue weighted by atomic mass is 16.5. The Labute approximate surface area is 114 Å². The first-order valence-electron chi connectivity index (χ1n) is 6.91. The van der Waals surface area contributed by atoms with Gasteiger partial charge in [-0.25, -0.2) is 0 Å². The van der Waals surface area contributed by atoms with Crippen molar-refractivity contribution in [1.82, 2.24) is 4.90 Å². The van der Waals surface area contributed by atoms with Crippen LogP contribution in [0, 0.1) is 6.92 Å². The van der Waals surface area contributed by atoms with Crippen molar-refractivity contribution < 1.29 is 9.53 Å². The minimum Gasteiger partial charge on any atom is -0.379 e. The first-order chi connectivity index (χ1) is 9.24. The summed E-state index contributed by atoms with van der Waals surface area (Å²) in [6.45, 7) is 6.60. The second kappa shape index (κ2) is 7.26. The third kappa shape index (κ3) is 5.01. The van der Waals surface area contributed by atoms with Crippen LogP contribution < -0.4 is 5.32 Å². The Hall–Kier alpha value is -1.39. The molecule has 1 aliphatic rings. The summed E-state index contributed by atoms with van der Waals surface area (Å²) in [6.07, 6.45) is 1.48. The van der Waals surface area contributed by atoms with Crippen LogP contribution in [0.2, 0.25) is 0 Å². The number of hydrogen-bond acceptors (Lipinski definition) is 3. The van der Waals surface area contributed by atoms with Crippen molar-refractivity contribution in [2.24, 2.45) is 0 Å². The Morgan fingerprint density at radius 1 is 1.37 bits per heavy atom. The highest BCUT2D eigenvalue weighted by molar-refractivity contribution is 5.90. The van der Waals surface area contributed by atoms with Gasteiger partial charge in [0.15, 0.2) is 0 Å². The largest absolute Gasteiger partial charge is 0.379 e. The lowest BCUT2D eigenvalue weighted by atomic mass is 10.2. The van der Waals surface area contributed by atoms with Crippen molar-refractivity contribution in [2.75, 3.05) is 38.2 Å². The number of ether oxygens (including phenoxy) is 1. The highest BCUT2D eigenvalue weighted by Gasteiger charge is 2.10. The lowest BCUT2D eigenvalue weighted by Gasteiger charge is -2.26. The van der Waals surface area contributed by atoms with Gasteiger partial charge in [0, 0.05) is 25.2 Å². The van der Waals surface area contributed by atoms with Gasteiger partial charge in [0.2, 0.25) is 5.91 Å². The van der Waals surface area contributed by atoms with Gasteiger partial charge in [0.05, 0.1) is 13.2 Å². The zero-order chi connectivity index (χ0) is 13.5. The molecule has 0 bridgehead atoms.